The second-order valence-electron chi connectivity index (χ2n) is 5.28. The molecule has 1 aromatic heterocycles. The summed E-state index contributed by atoms with van der Waals surface area (Å²) in [5.41, 5.74) is 0.0552. The number of hydrogen-bond acceptors (Lipinski definition) is 6. The molecule has 0 bridgehead atoms. The average Bonchev–Trinajstić information content (AvgIpc) is 3.14. The Balaban J connectivity index is 2.21. The minimum atomic E-state index is -0.812. The fourth-order valence-corrected chi connectivity index (χ4v) is 2.60. The number of benzene rings is 1. The summed E-state index contributed by atoms with van der Waals surface area (Å²) in [6, 6.07) is 3.63. The van der Waals surface area contributed by atoms with Gasteiger partial charge >= 0.3 is 0 Å². The standard InChI is InChI=1S/C17H14FN5O3/c1-19-10-3-4-11(24)15(16(25)23-17-20-5-6-21-17)14(10)9-7-13(18)22-8-12(9)26-2/h3-4,7-8,24H,5-6H2,2H3,(H2,20,21,23,25). The van der Waals surface area contributed by atoms with Gasteiger partial charge in [0.15, 0.2) is 11.6 Å². The zero-order valence-corrected chi connectivity index (χ0v) is 13.7. The second kappa shape index (κ2) is 7.06. The topological polar surface area (TPSA) is 100 Å². The van der Waals surface area contributed by atoms with Gasteiger partial charge in [0.2, 0.25) is 5.95 Å². The summed E-state index contributed by atoms with van der Waals surface area (Å²) in [4.78, 5) is 23.7. The lowest BCUT2D eigenvalue weighted by molar-refractivity contribution is 0.0974. The Kier molecular flexibility index (Phi) is 4.66. The van der Waals surface area contributed by atoms with Gasteiger partial charge in [-0.2, -0.15) is 4.39 Å². The number of carbonyl (C=O) groups is 1. The van der Waals surface area contributed by atoms with Gasteiger partial charge in [0.05, 0.1) is 32.0 Å². The molecule has 0 atom stereocenters. The lowest BCUT2D eigenvalue weighted by atomic mass is 9.96. The van der Waals surface area contributed by atoms with E-state index >= 15 is 0 Å². The van der Waals surface area contributed by atoms with Gasteiger partial charge in [-0.05, 0) is 6.07 Å². The van der Waals surface area contributed by atoms with Gasteiger partial charge < -0.3 is 15.2 Å². The number of hydrogen-bond donors (Lipinski definition) is 3. The lowest BCUT2D eigenvalue weighted by Crippen LogP contribution is -2.38. The van der Waals surface area contributed by atoms with Crippen LogP contribution in [0.15, 0.2) is 29.4 Å². The van der Waals surface area contributed by atoms with Crippen LogP contribution in [0, 0.1) is 12.5 Å². The Labute approximate surface area is 148 Å². The van der Waals surface area contributed by atoms with E-state index in [0.29, 0.717) is 13.1 Å². The van der Waals surface area contributed by atoms with E-state index in [2.05, 4.69) is 25.5 Å². The quantitative estimate of drug-likeness (QED) is 0.576. The zero-order valence-electron chi connectivity index (χ0n) is 13.7. The first-order valence-electron chi connectivity index (χ1n) is 7.58. The summed E-state index contributed by atoms with van der Waals surface area (Å²) in [6.07, 6.45) is 1.15. The Morgan fingerprint density at radius 2 is 2.31 bits per heavy atom. The number of aliphatic imine (C=N–C) groups is 1. The molecule has 0 saturated carbocycles. The summed E-state index contributed by atoms with van der Waals surface area (Å²) < 4.78 is 18.9. The number of phenolic OH excluding ortho intramolecular Hbond substituents is 1. The van der Waals surface area contributed by atoms with E-state index in [-0.39, 0.29) is 39.8 Å². The Morgan fingerprint density at radius 3 is 2.96 bits per heavy atom. The van der Waals surface area contributed by atoms with Gasteiger partial charge in [-0.3, -0.25) is 15.1 Å². The molecule has 26 heavy (non-hydrogen) atoms. The lowest BCUT2D eigenvalue weighted by Gasteiger charge is -2.16. The molecule has 2 aromatic rings. The minimum absolute atomic E-state index is 0.0502. The third-order valence-electron chi connectivity index (χ3n) is 3.74. The van der Waals surface area contributed by atoms with E-state index in [0.717, 1.165) is 12.3 Å². The highest BCUT2D eigenvalue weighted by Gasteiger charge is 2.25. The number of nitrogens with zero attached hydrogens (tertiary/aromatic N) is 3. The molecule has 0 fully saturated rings. The van der Waals surface area contributed by atoms with Gasteiger partial charge in [-0.15, -0.1) is 0 Å². The summed E-state index contributed by atoms with van der Waals surface area (Å²) in [6.45, 7) is 8.47. The van der Waals surface area contributed by atoms with Crippen LogP contribution < -0.4 is 15.4 Å². The number of amides is 1. The Hall–Kier alpha value is -3.67. The molecule has 0 spiro atoms. The van der Waals surface area contributed by atoms with E-state index in [9.17, 15) is 14.3 Å². The van der Waals surface area contributed by atoms with Crippen molar-refractivity contribution in [2.24, 2.45) is 4.99 Å². The van der Waals surface area contributed by atoms with E-state index in [1.807, 2.05) is 0 Å². The number of aromatic hydroxyl groups is 1. The van der Waals surface area contributed by atoms with Crippen molar-refractivity contribution in [3.8, 4) is 22.6 Å². The summed E-state index contributed by atoms with van der Waals surface area (Å²) in [5, 5.41) is 15.7. The smallest absolute Gasteiger partial charge is 0.261 e. The summed E-state index contributed by atoms with van der Waals surface area (Å²) in [7, 11) is 1.36. The maximum absolute atomic E-state index is 13.7. The number of pyridine rings is 1. The van der Waals surface area contributed by atoms with Crippen LogP contribution in [0.4, 0.5) is 10.1 Å². The number of methoxy groups -OCH3 is 1. The summed E-state index contributed by atoms with van der Waals surface area (Å²) in [5.74, 6) is -1.43. The normalized spacial score (nSPS) is 12.7. The molecule has 3 rings (SSSR count). The molecule has 8 nitrogen and oxygen atoms in total. The van der Waals surface area contributed by atoms with Crippen LogP contribution in [0.1, 0.15) is 10.4 Å². The van der Waals surface area contributed by atoms with E-state index in [1.165, 1.54) is 19.2 Å². The fourth-order valence-electron chi connectivity index (χ4n) is 2.60. The molecule has 0 aliphatic carbocycles. The second-order valence-corrected chi connectivity index (χ2v) is 5.28. The molecule has 0 unspecified atom stereocenters. The average molecular weight is 355 g/mol. The first kappa shape index (κ1) is 17.2. The van der Waals surface area contributed by atoms with Gasteiger partial charge in [0.25, 0.3) is 5.91 Å². The molecule has 132 valence electrons. The van der Waals surface area contributed by atoms with Crippen LogP contribution in [0.2, 0.25) is 0 Å². The van der Waals surface area contributed by atoms with Crippen LogP contribution in [-0.2, 0) is 0 Å². The van der Waals surface area contributed by atoms with Crippen LogP contribution in [-0.4, -0.2) is 42.2 Å². The maximum atomic E-state index is 13.7. The number of nitrogens with one attached hydrogen (secondary N) is 2. The highest BCUT2D eigenvalue weighted by molar-refractivity contribution is 6.13. The van der Waals surface area contributed by atoms with E-state index in [1.54, 1.807) is 0 Å². The van der Waals surface area contributed by atoms with Gasteiger partial charge in [0.1, 0.15) is 11.5 Å². The van der Waals surface area contributed by atoms with E-state index in [4.69, 9.17) is 11.3 Å². The Bertz CT molecular complexity index is 952. The van der Waals surface area contributed by atoms with Crippen LogP contribution in [0.5, 0.6) is 11.5 Å². The first-order valence-corrected chi connectivity index (χ1v) is 7.58. The number of rotatable bonds is 3. The van der Waals surface area contributed by atoms with Gasteiger partial charge in [-0.1, -0.05) is 6.07 Å². The van der Waals surface area contributed by atoms with Crippen molar-refractivity contribution in [2.75, 3.05) is 20.2 Å². The number of halogens is 1. The fraction of sp³-hybridized carbons (Fsp3) is 0.176. The SMILES string of the molecule is [C-]#[N+]c1ccc(O)c(C(=O)NC2=NCCN2)c1-c1cc(F)ncc1OC. The largest absolute Gasteiger partial charge is 0.507 e. The summed E-state index contributed by atoms with van der Waals surface area (Å²) >= 11 is 0. The molecule has 2 heterocycles. The molecular weight excluding hydrogens is 341 g/mol. The number of guanidine groups is 1. The van der Waals surface area contributed by atoms with Crippen molar-refractivity contribution in [3.05, 3.63) is 47.3 Å². The van der Waals surface area contributed by atoms with Gasteiger partial charge in [0, 0.05) is 23.7 Å². The molecule has 3 N–H and O–H groups in total. The molecular formula is C17H14FN5O3. The minimum Gasteiger partial charge on any atom is -0.507 e. The van der Waals surface area contributed by atoms with Crippen molar-refractivity contribution in [1.29, 1.82) is 0 Å². The van der Waals surface area contributed by atoms with Crippen LogP contribution in [0.3, 0.4) is 0 Å². The monoisotopic (exact) mass is 355 g/mol. The number of phenols is 1. The third kappa shape index (κ3) is 3.12. The number of ether oxygens (including phenoxy) is 1. The molecule has 0 saturated heterocycles. The predicted molar refractivity (Wildman–Crippen MR) is 91.9 cm³/mol. The Morgan fingerprint density at radius 1 is 1.50 bits per heavy atom. The maximum Gasteiger partial charge on any atom is 0.261 e. The first-order chi connectivity index (χ1) is 12.5. The highest BCUT2D eigenvalue weighted by Crippen LogP contribution is 2.42. The molecule has 0 radical (unpaired) electrons. The van der Waals surface area contributed by atoms with Crippen LogP contribution in [0.25, 0.3) is 16.0 Å². The number of carbonyl (C=O) groups excluding carboxylic acids is 1. The zero-order chi connectivity index (χ0) is 18.7. The number of aromatic nitrogens is 1. The highest BCUT2D eigenvalue weighted by atomic mass is 19.1. The molecule has 1 amide bonds. The van der Waals surface area contributed by atoms with Crippen molar-refractivity contribution in [3.63, 3.8) is 0 Å². The molecule has 1 aromatic carbocycles. The van der Waals surface area contributed by atoms with Crippen molar-refractivity contribution < 1.29 is 19.0 Å². The van der Waals surface area contributed by atoms with Crippen molar-refractivity contribution in [1.82, 2.24) is 15.6 Å². The van der Waals surface area contributed by atoms with Crippen molar-refractivity contribution in [2.45, 2.75) is 0 Å². The molecule has 1 aliphatic rings. The van der Waals surface area contributed by atoms with Crippen molar-refractivity contribution >= 4 is 17.6 Å². The van der Waals surface area contributed by atoms with E-state index < -0.39 is 11.9 Å². The molecule has 9 heteroatoms. The van der Waals surface area contributed by atoms with Crippen LogP contribution >= 0.6 is 0 Å². The van der Waals surface area contributed by atoms with Gasteiger partial charge in [-0.25, -0.2) is 9.83 Å². The molecule has 1 aliphatic heterocycles. The predicted octanol–water partition coefficient (Wildman–Crippen LogP) is 1.84. The third-order valence-corrected chi connectivity index (χ3v) is 3.74.